The van der Waals surface area contributed by atoms with Gasteiger partial charge in [0.25, 0.3) is 0 Å². The number of benzene rings is 1. The first-order valence-corrected chi connectivity index (χ1v) is 8.35. The second-order valence-corrected chi connectivity index (χ2v) is 6.81. The summed E-state index contributed by atoms with van der Waals surface area (Å²) in [5.41, 5.74) is 0.170. The molecule has 1 aromatic carbocycles. The number of rotatable bonds is 5. The van der Waals surface area contributed by atoms with Gasteiger partial charge in [0.15, 0.2) is 0 Å². The fourth-order valence-corrected chi connectivity index (χ4v) is 3.92. The van der Waals surface area contributed by atoms with Crippen molar-refractivity contribution in [2.75, 3.05) is 25.5 Å². The first kappa shape index (κ1) is 16.4. The topological polar surface area (TPSA) is 92.8 Å². The summed E-state index contributed by atoms with van der Waals surface area (Å²) < 4.78 is 31.0. The lowest BCUT2D eigenvalue weighted by atomic mass is 10.3. The average molecular weight is 326 g/mol. The van der Waals surface area contributed by atoms with E-state index < -0.39 is 28.3 Å². The monoisotopic (exact) mass is 326 g/mol. The molecule has 1 aromatic rings. The van der Waals surface area contributed by atoms with Crippen LogP contribution in [0.15, 0.2) is 29.2 Å². The van der Waals surface area contributed by atoms with E-state index in [9.17, 15) is 18.0 Å². The normalized spacial score (nSPS) is 15.5. The summed E-state index contributed by atoms with van der Waals surface area (Å²) in [6.45, 7) is 0.958. The molecule has 0 aliphatic carbocycles. The minimum Gasteiger partial charge on any atom is -0.469 e. The van der Waals surface area contributed by atoms with Gasteiger partial charge in [0.1, 0.15) is 11.3 Å². The molecule has 0 radical (unpaired) electrons. The number of nitrogens with one attached hydrogen (secondary N) is 1. The number of nitrogens with zero attached hydrogens (tertiary/aromatic N) is 1. The van der Waals surface area contributed by atoms with Gasteiger partial charge < -0.3 is 10.1 Å². The Kier molecular flexibility index (Phi) is 5.15. The molecule has 120 valence electrons. The third kappa shape index (κ3) is 3.63. The minimum atomic E-state index is -3.65. The minimum absolute atomic E-state index is 0.0371. The van der Waals surface area contributed by atoms with Crippen LogP contribution in [0, 0.1) is 0 Å². The van der Waals surface area contributed by atoms with Gasteiger partial charge in [-0.2, -0.15) is 4.31 Å². The predicted molar refractivity (Wildman–Crippen MR) is 79.7 cm³/mol. The van der Waals surface area contributed by atoms with Crippen LogP contribution in [0.4, 0.5) is 5.69 Å². The van der Waals surface area contributed by atoms with Crippen molar-refractivity contribution in [3.05, 3.63) is 24.3 Å². The molecular formula is C14H18N2O5S. The van der Waals surface area contributed by atoms with Crippen LogP contribution in [0.3, 0.4) is 0 Å². The lowest BCUT2D eigenvalue weighted by Gasteiger charge is -2.18. The Bertz CT molecular complexity index is 666. The second-order valence-electron chi connectivity index (χ2n) is 4.91. The van der Waals surface area contributed by atoms with E-state index in [4.69, 9.17) is 0 Å². The Morgan fingerprint density at radius 1 is 1.23 bits per heavy atom. The number of carbonyl (C=O) groups is 2. The van der Waals surface area contributed by atoms with E-state index >= 15 is 0 Å². The van der Waals surface area contributed by atoms with Crippen molar-refractivity contribution in [2.45, 2.75) is 24.2 Å². The Hall–Kier alpha value is -1.93. The summed E-state index contributed by atoms with van der Waals surface area (Å²) in [4.78, 5) is 22.9. The summed E-state index contributed by atoms with van der Waals surface area (Å²) >= 11 is 0. The standard InChI is InChI=1S/C14H18N2O5S/c1-21-14(18)10-13(17)15-11-6-2-3-7-12(11)22(19,20)16-8-4-5-9-16/h2-3,6-7H,4-5,8-10H2,1H3,(H,15,17). The maximum absolute atomic E-state index is 12.6. The number of hydrogen-bond donors (Lipinski definition) is 1. The molecule has 1 fully saturated rings. The fourth-order valence-electron chi connectivity index (χ4n) is 2.26. The van der Waals surface area contributed by atoms with Crippen LogP contribution < -0.4 is 5.32 Å². The zero-order valence-corrected chi connectivity index (χ0v) is 13.1. The van der Waals surface area contributed by atoms with E-state index in [0.717, 1.165) is 12.8 Å². The van der Waals surface area contributed by atoms with Gasteiger partial charge in [0, 0.05) is 13.1 Å². The zero-order chi connectivity index (χ0) is 16.2. The van der Waals surface area contributed by atoms with Gasteiger partial charge in [0.2, 0.25) is 15.9 Å². The van der Waals surface area contributed by atoms with E-state index in [2.05, 4.69) is 10.1 Å². The molecule has 8 heteroatoms. The van der Waals surface area contributed by atoms with Gasteiger partial charge in [-0.15, -0.1) is 0 Å². The number of para-hydroxylation sites is 1. The summed E-state index contributed by atoms with van der Waals surface area (Å²) in [5.74, 6) is -1.30. The third-order valence-corrected chi connectivity index (χ3v) is 5.33. The Balaban J connectivity index is 2.23. The molecular weight excluding hydrogens is 308 g/mol. The first-order valence-electron chi connectivity index (χ1n) is 6.91. The molecule has 1 saturated heterocycles. The van der Waals surface area contributed by atoms with Gasteiger partial charge in [-0.05, 0) is 25.0 Å². The molecule has 7 nitrogen and oxygen atoms in total. The van der Waals surface area contributed by atoms with Crippen molar-refractivity contribution in [1.82, 2.24) is 4.31 Å². The lowest BCUT2D eigenvalue weighted by Crippen LogP contribution is -2.29. The molecule has 0 bridgehead atoms. The van der Waals surface area contributed by atoms with Gasteiger partial charge in [-0.3, -0.25) is 9.59 Å². The van der Waals surface area contributed by atoms with Crippen LogP contribution in [-0.2, 0) is 24.3 Å². The number of ether oxygens (including phenoxy) is 1. The summed E-state index contributed by atoms with van der Waals surface area (Å²) in [6, 6.07) is 6.16. The van der Waals surface area contributed by atoms with Crippen molar-refractivity contribution < 1.29 is 22.7 Å². The lowest BCUT2D eigenvalue weighted by molar-refractivity contribution is -0.142. The van der Waals surface area contributed by atoms with Crippen LogP contribution in [0.1, 0.15) is 19.3 Å². The first-order chi connectivity index (χ1) is 10.4. The molecule has 1 amide bonds. The second kappa shape index (κ2) is 6.89. The highest BCUT2D eigenvalue weighted by Crippen LogP contribution is 2.27. The molecule has 1 heterocycles. The number of sulfonamides is 1. The molecule has 22 heavy (non-hydrogen) atoms. The summed E-state index contributed by atoms with van der Waals surface area (Å²) in [7, 11) is -2.46. The Labute approximate surface area is 129 Å². The summed E-state index contributed by atoms with van der Waals surface area (Å²) in [5, 5.41) is 2.46. The molecule has 0 unspecified atom stereocenters. The van der Waals surface area contributed by atoms with Crippen molar-refractivity contribution >= 4 is 27.6 Å². The molecule has 0 saturated carbocycles. The number of carbonyl (C=O) groups excluding carboxylic acids is 2. The van der Waals surface area contributed by atoms with E-state index in [1.54, 1.807) is 12.1 Å². The van der Waals surface area contributed by atoms with Crippen LogP contribution >= 0.6 is 0 Å². The zero-order valence-electron chi connectivity index (χ0n) is 12.2. The van der Waals surface area contributed by atoms with Crippen molar-refractivity contribution in [3.63, 3.8) is 0 Å². The van der Waals surface area contributed by atoms with E-state index in [-0.39, 0.29) is 10.6 Å². The van der Waals surface area contributed by atoms with E-state index in [0.29, 0.717) is 13.1 Å². The highest BCUT2D eigenvalue weighted by molar-refractivity contribution is 7.89. The molecule has 0 atom stereocenters. The summed E-state index contributed by atoms with van der Waals surface area (Å²) in [6.07, 6.45) is 1.20. The number of esters is 1. The van der Waals surface area contributed by atoms with Gasteiger partial charge in [-0.25, -0.2) is 8.42 Å². The third-order valence-electron chi connectivity index (χ3n) is 3.38. The Morgan fingerprint density at radius 2 is 1.86 bits per heavy atom. The van der Waals surface area contributed by atoms with E-state index in [1.807, 2.05) is 0 Å². The number of anilines is 1. The van der Waals surface area contributed by atoms with Crippen LogP contribution in [0.5, 0.6) is 0 Å². The number of hydrogen-bond acceptors (Lipinski definition) is 5. The quantitative estimate of drug-likeness (QED) is 0.643. The van der Waals surface area contributed by atoms with Crippen LogP contribution in [0.25, 0.3) is 0 Å². The largest absolute Gasteiger partial charge is 0.469 e. The maximum Gasteiger partial charge on any atom is 0.315 e. The average Bonchev–Trinajstić information content (AvgIpc) is 3.02. The van der Waals surface area contributed by atoms with Gasteiger partial charge >= 0.3 is 5.97 Å². The molecule has 1 N–H and O–H groups in total. The van der Waals surface area contributed by atoms with Gasteiger partial charge in [0.05, 0.1) is 12.8 Å². The molecule has 0 aromatic heterocycles. The number of methoxy groups -OCH3 is 1. The predicted octanol–water partition coefficient (Wildman–Crippen LogP) is 0.973. The SMILES string of the molecule is COC(=O)CC(=O)Nc1ccccc1S(=O)(=O)N1CCCC1. The molecule has 1 aliphatic heterocycles. The Morgan fingerprint density at radius 3 is 2.50 bits per heavy atom. The fraction of sp³-hybridized carbons (Fsp3) is 0.429. The van der Waals surface area contributed by atoms with Gasteiger partial charge in [-0.1, -0.05) is 12.1 Å². The number of amides is 1. The smallest absolute Gasteiger partial charge is 0.315 e. The van der Waals surface area contributed by atoms with Crippen LogP contribution in [0.2, 0.25) is 0 Å². The van der Waals surface area contributed by atoms with Crippen LogP contribution in [-0.4, -0.2) is 44.8 Å². The molecule has 1 aliphatic rings. The highest BCUT2D eigenvalue weighted by Gasteiger charge is 2.29. The van der Waals surface area contributed by atoms with E-state index in [1.165, 1.54) is 23.5 Å². The van der Waals surface area contributed by atoms with Crippen molar-refractivity contribution in [2.24, 2.45) is 0 Å². The van der Waals surface area contributed by atoms with Crippen molar-refractivity contribution in [1.29, 1.82) is 0 Å². The van der Waals surface area contributed by atoms with Crippen molar-refractivity contribution in [3.8, 4) is 0 Å². The highest BCUT2D eigenvalue weighted by atomic mass is 32.2. The maximum atomic E-state index is 12.6. The molecule has 0 spiro atoms. The molecule has 2 rings (SSSR count).